The van der Waals surface area contributed by atoms with Gasteiger partial charge in [-0.15, -0.1) is 11.3 Å². The summed E-state index contributed by atoms with van der Waals surface area (Å²) < 4.78 is 43.3. The molecule has 1 unspecified atom stereocenters. The van der Waals surface area contributed by atoms with Crippen molar-refractivity contribution in [2.24, 2.45) is 5.73 Å². The maximum absolute atomic E-state index is 12.6. The van der Waals surface area contributed by atoms with E-state index in [-0.39, 0.29) is 17.5 Å². The van der Waals surface area contributed by atoms with Crippen molar-refractivity contribution in [1.29, 1.82) is 0 Å². The average Bonchev–Trinajstić information content (AvgIpc) is 2.69. The van der Waals surface area contributed by atoms with E-state index < -0.39 is 11.9 Å². The molecule has 0 radical (unpaired) electrons. The van der Waals surface area contributed by atoms with Crippen LogP contribution in [0, 0.1) is 0 Å². The highest BCUT2D eigenvalue weighted by molar-refractivity contribution is 7.11. The molecule has 17 heavy (non-hydrogen) atoms. The molecule has 0 amide bonds. The van der Waals surface area contributed by atoms with Crippen LogP contribution in [-0.4, -0.2) is 11.6 Å². The number of aromatic nitrogens is 1. The maximum Gasteiger partial charge on any atom is 0.434 e. The first kappa shape index (κ1) is 14.4. The van der Waals surface area contributed by atoms with Crippen LogP contribution in [0.3, 0.4) is 0 Å². The van der Waals surface area contributed by atoms with Crippen molar-refractivity contribution in [1.82, 2.24) is 4.98 Å². The fraction of sp³-hybridized carbons (Fsp3) is 0.700. The Morgan fingerprint density at radius 2 is 2.06 bits per heavy atom. The van der Waals surface area contributed by atoms with Gasteiger partial charge < -0.3 is 10.5 Å². The predicted molar refractivity (Wildman–Crippen MR) is 59.7 cm³/mol. The van der Waals surface area contributed by atoms with Gasteiger partial charge in [-0.3, -0.25) is 0 Å². The number of hydrogen-bond acceptors (Lipinski definition) is 4. The van der Waals surface area contributed by atoms with Gasteiger partial charge in [0.2, 0.25) is 0 Å². The Bertz CT molecular complexity index is 365. The van der Waals surface area contributed by atoms with Gasteiger partial charge in [-0.25, -0.2) is 4.98 Å². The predicted octanol–water partition coefficient (Wildman–Crippen LogP) is 3.11. The van der Waals surface area contributed by atoms with Crippen LogP contribution in [0.15, 0.2) is 0 Å². The normalized spacial score (nSPS) is 14.0. The molecule has 0 aliphatic heterocycles. The molecule has 1 heterocycles. The molecule has 3 nitrogen and oxygen atoms in total. The summed E-state index contributed by atoms with van der Waals surface area (Å²) in [4.78, 5) is 3.69. The van der Waals surface area contributed by atoms with E-state index >= 15 is 0 Å². The zero-order valence-electron chi connectivity index (χ0n) is 9.67. The first-order valence-corrected chi connectivity index (χ1v) is 6.14. The lowest BCUT2D eigenvalue weighted by molar-refractivity contribution is -0.141. The summed E-state index contributed by atoms with van der Waals surface area (Å²) in [5, 5.41) is 0.349. The number of halogens is 3. The molecule has 1 rings (SSSR count). The summed E-state index contributed by atoms with van der Waals surface area (Å²) in [5.41, 5.74) is 4.43. The summed E-state index contributed by atoms with van der Waals surface area (Å²) in [6.45, 7) is 3.92. The molecule has 1 aromatic rings. The van der Waals surface area contributed by atoms with Crippen LogP contribution in [0.5, 0.6) is 0 Å². The van der Waals surface area contributed by atoms with E-state index in [9.17, 15) is 13.2 Å². The SMILES string of the molecule is CCOC(CC)c1nc(C(F)(F)F)c(CN)s1. The van der Waals surface area contributed by atoms with Gasteiger partial charge in [0.1, 0.15) is 11.1 Å². The topological polar surface area (TPSA) is 48.1 Å². The Morgan fingerprint density at radius 3 is 2.41 bits per heavy atom. The van der Waals surface area contributed by atoms with Gasteiger partial charge in [0.05, 0.1) is 4.88 Å². The van der Waals surface area contributed by atoms with Crippen molar-refractivity contribution in [3.05, 3.63) is 15.6 Å². The average molecular weight is 268 g/mol. The summed E-state index contributed by atoms with van der Waals surface area (Å²) in [7, 11) is 0. The van der Waals surface area contributed by atoms with Crippen molar-refractivity contribution < 1.29 is 17.9 Å². The smallest absolute Gasteiger partial charge is 0.371 e. The minimum absolute atomic E-state index is 0.0608. The molecule has 0 spiro atoms. The quantitative estimate of drug-likeness (QED) is 0.892. The van der Waals surface area contributed by atoms with Gasteiger partial charge in [0.25, 0.3) is 0 Å². The Labute approximate surface area is 102 Å². The van der Waals surface area contributed by atoms with Crippen molar-refractivity contribution in [2.75, 3.05) is 6.61 Å². The van der Waals surface area contributed by atoms with Crippen LogP contribution in [0.2, 0.25) is 0 Å². The molecule has 2 N–H and O–H groups in total. The molecule has 0 bridgehead atoms. The van der Waals surface area contributed by atoms with Crippen LogP contribution in [0.1, 0.15) is 42.0 Å². The van der Waals surface area contributed by atoms with E-state index in [1.165, 1.54) is 0 Å². The lowest BCUT2D eigenvalue weighted by Crippen LogP contribution is -2.11. The van der Waals surface area contributed by atoms with Crippen molar-refractivity contribution >= 4 is 11.3 Å². The summed E-state index contributed by atoms with van der Waals surface area (Å²) in [6.07, 6.45) is -4.25. The Morgan fingerprint density at radius 1 is 1.41 bits per heavy atom. The largest absolute Gasteiger partial charge is 0.434 e. The summed E-state index contributed by atoms with van der Waals surface area (Å²) in [6, 6.07) is 0. The molecular weight excluding hydrogens is 253 g/mol. The minimum atomic E-state index is -4.45. The van der Waals surface area contributed by atoms with Gasteiger partial charge in [-0.1, -0.05) is 6.92 Å². The van der Waals surface area contributed by atoms with E-state index in [0.29, 0.717) is 18.0 Å². The number of alkyl halides is 3. The highest BCUT2D eigenvalue weighted by Gasteiger charge is 2.37. The summed E-state index contributed by atoms with van der Waals surface area (Å²) >= 11 is 0.978. The molecular formula is C10H15F3N2OS. The lowest BCUT2D eigenvalue weighted by Gasteiger charge is -2.11. The van der Waals surface area contributed by atoms with E-state index in [1.54, 1.807) is 6.92 Å². The molecule has 0 aliphatic rings. The van der Waals surface area contributed by atoms with Gasteiger partial charge >= 0.3 is 6.18 Å². The first-order valence-electron chi connectivity index (χ1n) is 5.32. The van der Waals surface area contributed by atoms with Crippen LogP contribution in [-0.2, 0) is 17.5 Å². The van der Waals surface area contributed by atoms with Crippen molar-refractivity contribution in [2.45, 2.75) is 39.1 Å². The summed E-state index contributed by atoms with van der Waals surface area (Å²) in [5.74, 6) is 0. The zero-order chi connectivity index (χ0) is 13.1. The Kier molecular flexibility index (Phi) is 4.91. The zero-order valence-corrected chi connectivity index (χ0v) is 10.5. The van der Waals surface area contributed by atoms with Crippen LogP contribution < -0.4 is 5.73 Å². The van der Waals surface area contributed by atoms with Gasteiger partial charge in [0, 0.05) is 13.2 Å². The Hall–Kier alpha value is -0.660. The second-order valence-electron chi connectivity index (χ2n) is 3.38. The number of nitrogens with zero attached hydrogens (tertiary/aromatic N) is 1. The van der Waals surface area contributed by atoms with Crippen molar-refractivity contribution in [3.63, 3.8) is 0 Å². The second kappa shape index (κ2) is 5.79. The van der Waals surface area contributed by atoms with Gasteiger partial charge in [-0.2, -0.15) is 13.2 Å². The van der Waals surface area contributed by atoms with Crippen LogP contribution in [0.4, 0.5) is 13.2 Å². The molecule has 1 atom stereocenters. The first-order chi connectivity index (χ1) is 7.93. The van der Waals surface area contributed by atoms with Gasteiger partial charge in [-0.05, 0) is 13.3 Å². The highest BCUT2D eigenvalue weighted by atomic mass is 32.1. The van der Waals surface area contributed by atoms with E-state index in [2.05, 4.69) is 4.98 Å². The van der Waals surface area contributed by atoms with Gasteiger partial charge in [0.15, 0.2) is 5.69 Å². The van der Waals surface area contributed by atoms with E-state index in [0.717, 1.165) is 11.3 Å². The minimum Gasteiger partial charge on any atom is -0.371 e. The molecule has 7 heteroatoms. The van der Waals surface area contributed by atoms with E-state index in [4.69, 9.17) is 10.5 Å². The third kappa shape index (κ3) is 3.40. The molecule has 0 aliphatic carbocycles. The third-order valence-electron chi connectivity index (χ3n) is 2.18. The van der Waals surface area contributed by atoms with Crippen LogP contribution in [0.25, 0.3) is 0 Å². The molecule has 0 aromatic carbocycles. The number of hydrogen-bond donors (Lipinski definition) is 1. The second-order valence-corrected chi connectivity index (χ2v) is 4.49. The number of thiazole rings is 1. The van der Waals surface area contributed by atoms with Crippen molar-refractivity contribution in [3.8, 4) is 0 Å². The standard InChI is InChI=1S/C10H15F3N2OS/c1-3-6(16-4-2)9-15-8(10(11,12)13)7(5-14)17-9/h6H,3-5,14H2,1-2H3. The molecule has 0 fully saturated rings. The van der Waals surface area contributed by atoms with Crippen LogP contribution >= 0.6 is 11.3 Å². The number of rotatable bonds is 5. The fourth-order valence-corrected chi connectivity index (χ4v) is 2.53. The monoisotopic (exact) mass is 268 g/mol. The number of nitrogens with two attached hydrogens (primary N) is 1. The maximum atomic E-state index is 12.6. The molecule has 0 saturated heterocycles. The third-order valence-corrected chi connectivity index (χ3v) is 3.35. The molecule has 98 valence electrons. The molecule has 1 aromatic heterocycles. The number of ether oxygens (including phenoxy) is 1. The fourth-order valence-electron chi connectivity index (χ4n) is 1.43. The Balaban J connectivity index is 3.07. The molecule has 0 saturated carbocycles. The van der Waals surface area contributed by atoms with E-state index in [1.807, 2.05) is 6.92 Å². The highest BCUT2D eigenvalue weighted by Crippen LogP contribution is 2.37. The lowest BCUT2D eigenvalue weighted by atomic mass is 10.3.